The molecular weight excluding hydrogens is 230 g/mol. The van der Waals surface area contributed by atoms with Crippen LogP contribution < -0.4 is 0 Å². The quantitative estimate of drug-likeness (QED) is 0.754. The third kappa shape index (κ3) is 2.56. The molecule has 2 rings (SSSR count). The van der Waals surface area contributed by atoms with Crippen molar-refractivity contribution in [1.29, 1.82) is 0 Å². The van der Waals surface area contributed by atoms with Crippen molar-refractivity contribution in [3.8, 4) is 0 Å². The molecule has 0 aliphatic carbocycles. The number of rotatable bonds is 5. The molecule has 17 heavy (non-hydrogen) atoms. The second-order valence-corrected chi connectivity index (χ2v) is 4.94. The molecule has 0 unspecified atom stereocenters. The molecule has 0 aliphatic rings. The first-order valence-corrected chi connectivity index (χ1v) is 6.86. The van der Waals surface area contributed by atoms with Crippen LogP contribution in [0.3, 0.4) is 0 Å². The monoisotopic (exact) mass is 247 g/mol. The molecule has 0 amide bonds. The Morgan fingerprint density at radius 3 is 2.65 bits per heavy atom. The van der Waals surface area contributed by atoms with Crippen molar-refractivity contribution in [2.45, 2.75) is 13.8 Å². The fraction of sp³-hybridized carbons (Fsp3) is 0.357. The highest BCUT2D eigenvalue weighted by Gasteiger charge is 2.14. The van der Waals surface area contributed by atoms with Crippen LogP contribution in [0.15, 0.2) is 29.6 Å². The topological polar surface area (TPSA) is 20.3 Å². The lowest BCUT2D eigenvalue weighted by Crippen LogP contribution is -2.29. The van der Waals surface area contributed by atoms with E-state index in [0.29, 0.717) is 6.54 Å². The molecule has 1 aromatic heterocycles. The number of carbonyl (C=O) groups excluding carboxylic acids is 1. The Bertz CT molecular complexity index is 514. The molecule has 2 aromatic rings. The van der Waals surface area contributed by atoms with E-state index in [1.807, 2.05) is 23.6 Å². The van der Waals surface area contributed by atoms with E-state index in [1.165, 1.54) is 4.70 Å². The predicted octanol–water partition coefficient (Wildman–Crippen LogP) is 3.43. The number of likely N-dealkylation sites (N-methyl/N-ethyl adjacent to an activating group) is 1. The zero-order chi connectivity index (χ0) is 12.3. The summed E-state index contributed by atoms with van der Waals surface area (Å²) >= 11 is 1.65. The van der Waals surface area contributed by atoms with Gasteiger partial charge in [0.15, 0.2) is 5.78 Å². The first kappa shape index (κ1) is 12.3. The van der Waals surface area contributed by atoms with Gasteiger partial charge in [-0.2, -0.15) is 0 Å². The van der Waals surface area contributed by atoms with Crippen LogP contribution in [0.1, 0.15) is 24.2 Å². The molecule has 0 N–H and O–H groups in total. The number of carbonyl (C=O) groups is 1. The Balaban J connectivity index is 2.25. The van der Waals surface area contributed by atoms with Gasteiger partial charge in [0.2, 0.25) is 0 Å². The number of thiophene rings is 1. The van der Waals surface area contributed by atoms with Crippen molar-refractivity contribution in [2.75, 3.05) is 19.6 Å². The maximum absolute atomic E-state index is 12.2. The molecule has 0 bridgehead atoms. The Hall–Kier alpha value is -1.19. The number of ketones is 1. The van der Waals surface area contributed by atoms with E-state index in [2.05, 4.69) is 24.8 Å². The molecule has 0 spiro atoms. The fourth-order valence-corrected chi connectivity index (χ4v) is 2.89. The molecule has 0 aliphatic heterocycles. The van der Waals surface area contributed by atoms with Gasteiger partial charge in [0.05, 0.1) is 6.54 Å². The van der Waals surface area contributed by atoms with Gasteiger partial charge < -0.3 is 0 Å². The fourth-order valence-electron chi connectivity index (χ4n) is 1.93. The van der Waals surface area contributed by atoms with Crippen LogP contribution in [0.4, 0.5) is 0 Å². The van der Waals surface area contributed by atoms with Crippen LogP contribution in [0.2, 0.25) is 0 Å². The molecule has 2 nitrogen and oxygen atoms in total. The van der Waals surface area contributed by atoms with E-state index >= 15 is 0 Å². The van der Waals surface area contributed by atoms with Crippen molar-refractivity contribution in [2.24, 2.45) is 0 Å². The lowest BCUT2D eigenvalue weighted by atomic mass is 10.1. The summed E-state index contributed by atoms with van der Waals surface area (Å²) in [5.74, 6) is 0.228. The van der Waals surface area contributed by atoms with Crippen LogP contribution in [-0.2, 0) is 0 Å². The van der Waals surface area contributed by atoms with Gasteiger partial charge in [-0.25, -0.2) is 0 Å². The van der Waals surface area contributed by atoms with Crippen LogP contribution >= 0.6 is 11.3 Å². The number of benzene rings is 1. The van der Waals surface area contributed by atoms with E-state index in [1.54, 1.807) is 11.3 Å². The summed E-state index contributed by atoms with van der Waals surface area (Å²) in [5, 5.41) is 3.07. The molecule has 1 aromatic carbocycles. The summed E-state index contributed by atoms with van der Waals surface area (Å²) in [7, 11) is 0. The number of hydrogen-bond donors (Lipinski definition) is 0. The molecule has 0 fully saturated rings. The zero-order valence-electron chi connectivity index (χ0n) is 10.3. The molecule has 0 atom stereocenters. The highest BCUT2D eigenvalue weighted by molar-refractivity contribution is 7.17. The second-order valence-electron chi connectivity index (χ2n) is 4.03. The third-order valence-electron chi connectivity index (χ3n) is 3.04. The SMILES string of the molecule is CCN(CC)CC(=O)c1csc2ccccc12. The molecule has 1 heterocycles. The van der Waals surface area contributed by atoms with Crippen LogP contribution in [0, 0.1) is 0 Å². The molecule has 0 saturated heterocycles. The summed E-state index contributed by atoms with van der Waals surface area (Å²) in [6.45, 7) is 6.54. The number of hydrogen-bond acceptors (Lipinski definition) is 3. The average Bonchev–Trinajstić information content (AvgIpc) is 2.79. The minimum atomic E-state index is 0.228. The van der Waals surface area contributed by atoms with Gasteiger partial charge in [0.1, 0.15) is 0 Å². The minimum absolute atomic E-state index is 0.228. The Morgan fingerprint density at radius 1 is 1.24 bits per heavy atom. The van der Waals surface area contributed by atoms with E-state index in [9.17, 15) is 4.79 Å². The van der Waals surface area contributed by atoms with Crippen LogP contribution in [0.25, 0.3) is 10.1 Å². The van der Waals surface area contributed by atoms with Crippen molar-refractivity contribution in [3.63, 3.8) is 0 Å². The summed E-state index contributed by atoms with van der Waals surface area (Å²) in [6.07, 6.45) is 0. The van der Waals surface area contributed by atoms with Gasteiger partial charge in [0, 0.05) is 21.0 Å². The van der Waals surface area contributed by atoms with E-state index in [-0.39, 0.29) is 5.78 Å². The highest BCUT2D eigenvalue weighted by Crippen LogP contribution is 2.25. The van der Waals surface area contributed by atoms with Crippen molar-refractivity contribution >= 4 is 27.2 Å². The van der Waals surface area contributed by atoms with Gasteiger partial charge in [-0.3, -0.25) is 9.69 Å². The predicted molar refractivity (Wildman–Crippen MR) is 73.9 cm³/mol. The lowest BCUT2D eigenvalue weighted by Gasteiger charge is -2.16. The molecular formula is C14H17NOS. The third-order valence-corrected chi connectivity index (χ3v) is 4.01. The first-order valence-electron chi connectivity index (χ1n) is 5.98. The minimum Gasteiger partial charge on any atom is -0.296 e. The lowest BCUT2D eigenvalue weighted by molar-refractivity contribution is 0.0939. The smallest absolute Gasteiger partial charge is 0.178 e. The first-order chi connectivity index (χ1) is 8.26. The second kappa shape index (κ2) is 5.43. The van der Waals surface area contributed by atoms with Crippen LogP contribution in [-0.4, -0.2) is 30.3 Å². The highest BCUT2D eigenvalue weighted by atomic mass is 32.1. The average molecular weight is 247 g/mol. The van der Waals surface area contributed by atoms with E-state index in [4.69, 9.17) is 0 Å². The van der Waals surface area contributed by atoms with Gasteiger partial charge in [-0.15, -0.1) is 11.3 Å². The standard InChI is InChI=1S/C14H17NOS/c1-3-15(4-2)9-13(16)12-10-17-14-8-6-5-7-11(12)14/h5-8,10H,3-4,9H2,1-2H3. The van der Waals surface area contributed by atoms with Gasteiger partial charge in [-0.05, 0) is 19.2 Å². The number of fused-ring (bicyclic) bond motifs is 1. The number of Topliss-reactive ketones (excluding diaryl/α,β-unsaturated/α-hetero) is 1. The largest absolute Gasteiger partial charge is 0.296 e. The summed E-state index contributed by atoms with van der Waals surface area (Å²) in [5.41, 5.74) is 0.873. The summed E-state index contributed by atoms with van der Waals surface area (Å²) < 4.78 is 1.19. The van der Waals surface area contributed by atoms with Gasteiger partial charge in [0.25, 0.3) is 0 Å². The van der Waals surface area contributed by atoms with Crippen molar-refractivity contribution < 1.29 is 4.79 Å². The van der Waals surface area contributed by atoms with Crippen LogP contribution in [0.5, 0.6) is 0 Å². The molecule has 0 saturated carbocycles. The van der Waals surface area contributed by atoms with Crippen molar-refractivity contribution in [1.82, 2.24) is 4.90 Å². The van der Waals surface area contributed by atoms with E-state index < -0.39 is 0 Å². The Morgan fingerprint density at radius 2 is 1.94 bits per heavy atom. The Labute approximate surface area is 106 Å². The van der Waals surface area contributed by atoms with Crippen molar-refractivity contribution in [3.05, 3.63) is 35.2 Å². The van der Waals surface area contributed by atoms with E-state index in [0.717, 1.165) is 24.0 Å². The molecule has 0 radical (unpaired) electrons. The van der Waals surface area contributed by atoms with Gasteiger partial charge in [-0.1, -0.05) is 32.0 Å². The normalized spacial score (nSPS) is 11.2. The Kier molecular flexibility index (Phi) is 3.92. The number of nitrogens with zero attached hydrogens (tertiary/aromatic N) is 1. The summed E-state index contributed by atoms with van der Waals surface area (Å²) in [4.78, 5) is 14.4. The maximum atomic E-state index is 12.2. The molecule has 90 valence electrons. The maximum Gasteiger partial charge on any atom is 0.178 e. The van der Waals surface area contributed by atoms with Gasteiger partial charge >= 0.3 is 0 Å². The molecule has 3 heteroatoms. The zero-order valence-corrected chi connectivity index (χ0v) is 11.1. The summed E-state index contributed by atoms with van der Waals surface area (Å²) in [6, 6.07) is 8.09.